The van der Waals surface area contributed by atoms with Gasteiger partial charge in [-0.3, -0.25) is 9.78 Å². The van der Waals surface area contributed by atoms with Crippen molar-refractivity contribution in [3.05, 3.63) is 96.6 Å². The predicted octanol–water partition coefficient (Wildman–Crippen LogP) is 5.34. The van der Waals surface area contributed by atoms with Crippen LogP contribution >= 0.6 is 0 Å². The molecule has 0 bridgehead atoms. The molecule has 3 aromatic heterocycles. The van der Waals surface area contributed by atoms with E-state index in [4.69, 9.17) is 4.52 Å². The van der Waals surface area contributed by atoms with E-state index in [-0.39, 0.29) is 22.5 Å². The Hall–Kier alpha value is -4.39. The number of aromatic nitrogens is 3. The Morgan fingerprint density at radius 2 is 1.68 bits per heavy atom. The smallest absolute Gasteiger partial charge is 0.259 e. The Morgan fingerprint density at radius 3 is 2.45 bits per heavy atom. The highest BCUT2D eigenvalue weighted by Gasteiger charge is 2.23. The number of rotatable bonds is 4. The van der Waals surface area contributed by atoms with Gasteiger partial charge in [0.2, 0.25) is 0 Å². The summed E-state index contributed by atoms with van der Waals surface area (Å²) in [6.45, 7) is 0. The lowest BCUT2D eigenvalue weighted by molar-refractivity contribution is 0.102. The van der Waals surface area contributed by atoms with Gasteiger partial charge >= 0.3 is 0 Å². The van der Waals surface area contributed by atoms with Gasteiger partial charge < -0.3 is 9.84 Å². The summed E-state index contributed by atoms with van der Waals surface area (Å²) in [5.74, 6) is -0.839. The summed E-state index contributed by atoms with van der Waals surface area (Å²) in [6, 6.07) is 20.5. The molecular formula is C24H15FN4O2. The number of benzene rings is 2. The molecule has 1 N–H and O–H groups in total. The van der Waals surface area contributed by atoms with Crippen molar-refractivity contribution >= 4 is 22.7 Å². The van der Waals surface area contributed by atoms with Crippen LogP contribution in [-0.4, -0.2) is 21.0 Å². The first-order valence-corrected chi connectivity index (χ1v) is 9.53. The maximum atomic E-state index is 14.4. The summed E-state index contributed by atoms with van der Waals surface area (Å²) in [4.78, 5) is 21.7. The number of nitrogens with zero attached hydrogens (tertiary/aromatic N) is 3. The highest BCUT2D eigenvalue weighted by molar-refractivity contribution is 6.15. The maximum Gasteiger partial charge on any atom is 0.259 e. The molecule has 0 saturated heterocycles. The Morgan fingerprint density at radius 1 is 0.935 bits per heavy atom. The van der Waals surface area contributed by atoms with E-state index in [1.165, 1.54) is 6.07 Å². The summed E-state index contributed by atoms with van der Waals surface area (Å²) in [6.07, 6.45) is 3.16. The standard InChI is InChI=1S/C24H15FN4O2/c25-19-9-5-4-8-17(19)20-14-18(23(30)27-16-10-12-26-13-11-16)21-22(29-31-24(21)28-20)15-6-2-1-3-7-15/h1-14H,(H,26,27,30). The quantitative estimate of drug-likeness (QED) is 0.432. The number of hydrogen-bond acceptors (Lipinski definition) is 5. The van der Waals surface area contributed by atoms with Crippen LogP contribution in [0, 0.1) is 5.82 Å². The molecule has 3 heterocycles. The molecule has 150 valence electrons. The molecule has 1 amide bonds. The highest BCUT2D eigenvalue weighted by atomic mass is 19.1. The number of halogens is 1. The fourth-order valence-electron chi connectivity index (χ4n) is 3.36. The SMILES string of the molecule is O=C(Nc1ccncc1)c1cc(-c2ccccc2F)nc2onc(-c3ccccc3)c12. The van der Waals surface area contributed by atoms with Crippen molar-refractivity contribution in [1.82, 2.24) is 15.1 Å². The molecule has 0 aliphatic carbocycles. The summed E-state index contributed by atoms with van der Waals surface area (Å²) >= 11 is 0. The van der Waals surface area contributed by atoms with Gasteiger partial charge in [0.25, 0.3) is 11.6 Å². The van der Waals surface area contributed by atoms with E-state index in [1.54, 1.807) is 48.8 Å². The topological polar surface area (TPSA) is 80.9 Å². The lowest BCUT2D eigenvalue weighted by Gasteiger charge is -2.09. The van der Waals surface area contributed by atoms with E-state index in [0.717, 1.165) is 5.56 Å². The molecule has 0 aliphatic rings. The van der Waals surface area contributed by atoms with Crippen LogP contribution < -0.4 is 5.32 Å². The monoisotopic (exact) mass is 410 g/mol. The number of pyridine rings is 2. The van der Waals surface area contributed by atoms with E-state index in [0.29, 0.717) is 16.8 Å². The molecule has 2 aromatic carbocycles. The van der Waals surface area contributed by atoms with Gasteiger partial charge in [0.05, 0.1) is 16.6 Å². The lowest BCUT2D eigenvalue weighted by atomic mass is 10.0. The van der Waals surface area contributed by atoms with Crippen LogP contribution in [0.5, 0.6) is 0 Å². The van der Waals surface area contributed by atoms with Gasteiger partial charge in [0.15, 0.2) is 0 Å². The summed E-state index contributed by atoms with van der Waals surface area (Å²) < 4.78 is 19.9. The van der Waals surface area contributed by atoms with Gasteiger partial charge in [-0.2, -0.15) is 0 Å². The van der Waals surface area contributed by atoms with Crippen LogP contribution in [0.1, 0.15) is 10.4 Å². The molecular weight excluding hydrogens is 395 g/mol. The van der Waals surface area contributed by atoms with Crippen LogP contribution in [0.2, 0.25) is 0 Å². The molecule has 0 radical (unpaired) electrons. The second kappa shape index (κ2) is 7.79. The van der Waals surface area contributed by atoms with Crippen LogP contribution in [0.4, 0.5) is 10.1 Å². The zero-order valence-electron chi connectivity index (χ0n) is 16.1. The first-order chi connectivity index (χ1) is 15.2. The maximum absolute atomic E-state index is 14.4. The number of amides is 1. The minimum absolute atomic E-state index is 0.152. The number of carbonyl (C=O) groups is 1. The summed E-state index contributed by atoms with van der Waals surface area (Å²) in [5, 5.41) is 7.45. The number of fused-ring (bicyclic) bond motifs is 1. The molecule has 0 fully saturated rings. The van der Waals surface area contributed by atoms with Crippen molar-refractivity contribution in [2.75, 3.05) is 5.32 Å². The first kappa shape index (κ1) is 18.6. The molecule has 5 rings (SSSR count). The molecule has 0 unspecified atom stereocenters. The molecule has 0 aliphatic heterocycles. The van der Waals surface area contributed by atoms with Gasteiger partial charge in [0.1, 0.15) is 11.5 Å². The highest BCUT2D eigenvalue weighted by Crippen LogP contribution is 2.33. The van der Waals surface area contributed by atoms with E-state index in [9.17, 15) is 9.18 Å². The van der Waals surface area contributed by atoms with E-state index in [1.807, 2.05) is 30.3 Å². The summed E-state index contributed by atoms with van der Waals surface area (Å²) in [7, 11) is 0. The lowest BCUT2D eigenvalue weighted by Crippen LogP contribution is -2.13. The van der Waals surface area contributed by atoms with Gasteiger partial charge in [0, 0.05) is 29.2 Å². The second-order valence-corrected chi connectivity index (χ2v) is 6.80. The van der Waals surface area contributed by atoms with E-state index >= 15 is 0 Å². The fraction of sp³-hybridized carbons (Fsp3) is 0. The van der Waals surface area contributed by atoms with Crippen molar-refractivity contribution in [1.29, 1.82) is 0 Å². The van der Waals surface area contributed by atoms with Crippen LogP contribution in [0.15, 0.2) is 89.7 Å². The van der Waals surface area contributed by atoms with Crippen molar-refractivity contribution in [2.24, 2.45) is 0 Å². The average molecular weight is 410 g/mol. The zero-order valence-corrected chi connectivity index (χ0v) is 16.1. The first-order valence-electron chi connectivity index (χ1n) is 9.53. The average Bonchev–Trinajstić information content (AvgIpc) is 3.24. The van der Waals surface area contributed by atoms with Crippen LogP contribution in [-0.2, 0) is 0 Å². The third-order valence-corrected chi connectivity index (χ3v) is 4.83. The van der Waals surface area contributed by atoms with Crippen LogP contribution in [0.3, 0.4) is 0 Å². The predicted molar refractivity (Wildman–Crippen MR) is 115 cm³/mol. The minimum atomic E-state index is -0.447. The van der Waals surface area contributed by atoms with E-state index < -0.39 is 11.7 Å². The third-order valence-electron chi connectivity index (χ3n) is 4.83. The molecule has 0 spiro atoms. The van der Waals surface area contributed by atoms with Gasteiger partial charge in [-0.1, -0.05) is 47.6 Å². The Labute approximate surface area is 176 Å². The minimum Gasteiger partial charge on any atom is -0.335 e. The molecule has 0 atom stereocenters. The number of carbonyl (C=O) groups excluding carboxylic acids is 1. The van der Waals surface area contributed by atoms with Crippen molar-refractivity contribution in [3.8, 4) is 22.5 Å². The van der Waals surface area contributed by atoms with E-state index in [2.05, 4.69) is 20.4 Å². The van der Waals surface area contributed by atoms with Gasteiger partial charge in [-0.25, -0.2) is 9.37 Å². The molecule has 6 nitrogen and oxygen atoms in total. The molecule has 7 heteroatoms. The number of hydrogen-bond donors (Lipinski definition) is 1. The normalized spacial score (nSPS) is 10.9. The zero-order chi connectivity index (χ0) is 21.2. The number of anilines is 1. The number of nitrogens with one attached hydrogen (secondary N) is 1. The molecule has 0 saturated carbocycles. The van der Waals surface area contributed by atoms with Crippen LogP contribution in [0.25, 0.3) is 33.6 Å². The van der Waals surface area contributed by atoms with Crippen molar-refractivity contribution < 1.29 is 13.7 Å². The molecule has 31 heavy (non-hydrogen) atoms. The second-order valence-electron chi connectivity index (χ2n) is 6.80. The Bertz CT molecular complexity index is 1390. The Balaban J connectivity index is 1.72. The largest absolute Gasteiger partial charge is 0.335 e. The fourth-order valence-corrected chi connectivity index (χ4v) is 3.36. The van der Waals surface area contributed by atoms with Crippen molar-refractivity contribution in [2.45, 2.75) is 0 Å². The Kier molecular flexibility index (Phi) is 4.68. The van der Waals surface area contributed by atoms with Gasteiger partial charge in [-0.05, 0) is 30.3 Å². The summed E-state index contributed by atoms with van der Waals surface area (Å²) in [5.41, 5.74) is 2.82. The van der Waals surface area contributed by atoms with Gasteiger partial charge in [-0.15, -0.1) is 0 Å². The molecule has 5 aromatic rings. The third kappa shape index (κ3) is 3.53. The van der Waals surface area contributed by atoms with Crippen molar-refractivity contribution in [3.63, 3.8) is 0 Å².